The number of hydrogen-bond acceptors (Lipinski definition) is 5. The third-order valence-corrected chi connectivity index (χ3v) is 4.86. The van der Waals surface area contributed by atoms with Crippen LogP contribution in [0.1, 0.15) is 40.0 Å². The maximum absolute atomic E-state index is 12.7. The van der Waals surface area contributed by atoms with Crippen LogP contribution in [-0.2, 0) is 6.54 Å². The van der Waals surface area contributed by atoms with Gasteiger partial charge in [-0.15, -0.1) is 0 Å². The third-order valence-electron chi connectivity index (χ3n) is 4.31. The molecule has 134 valence electrons. The zero-order valence-electron chi connectivity index (χ0n) is 14.3. The number of allylic oxidation sites excluding steroid dienone is 1. The van der Waals surface area contributed by atoms with Gasteiger partial charge in [-0.3, -0.25) is 4.79 Å². The van der Waals surface area contributed by atoms with Crippen LogP contribution >= 0.6 is 23.2 Å². The molecular formula is C18H17Cl2N5O. The molecule has 3 rings (SSSR count). The van der Waals surface area contributed by atoms with Gasteiger partial charge in [-0.05, 0) is 37.1 Å². The van der Waals surface area contributed by atoms with Crippen molar-refractivity contribution in [2.24, 2.45) is 10.7 Å². The number of rotatable bonds is 4. The number of aliphatic imine (C=N–C) groups is 1. The van der Waals surface area contributed by atoms with Crippen LogP contribution in [0.15, 0.2) is 40.8 Å². The fourth-order valence-electron chi connectivity index (χ4n) is 2.83. The smallest absolute Gasteiger partial charge is 0.255 e. The summed E-state index contributed by atoms with van der Waals surface area (Å²) in [6, 6.07) is 3.50. The predicted octanol–water partition coefficient (Wildman–Crippen LogP) is 3.90. The van der Waals surface area contributed by atoms with Gasteiger partial charge in [-0.25, -0.2) is 15.0 Å². The SMILES string of the molecule is Cc1cc(C(C)N2Cc3c(ccnc3Cl)C2=O)cnc1N=CC(Cl)=CN. The second-order valence-electron chi connectivity index (χ2n) is 5.96. The molecule has 0 spiro atoms. The zero-order valence-corrected chi connectivity index (χ0v) is 15.8. The molecule has 3 heterocycles. The standard InChI is InChI=1S/C18H17Cl2N5O/c1-10-5-12(7-23-17(10)24-8-13(19)6-21)11(2)25-9-15-14(18(25)26)3-4-22-16(15)20/h3-8,11H,9,21H2,1-2H3. The quantitative estimate of drug-likeness (QED) is 0.634. The summed E-state index contributed by atoms with van der Waals surface area (Å²) in [7, 11) is 0. The molecule has 2 aromatic heterocycles. The molecule has 1 amide bonds. The van der Waals surface area contributed by atoms with Crippen LogP contribution < -0.4 is 5.73 Å². The van der Waals surface area contributed by atoms with Crippen molar-refractivity contribution < 1.29 is 4.79 Å². The van der Waals surface area contributed by atoms with E-state index in [1.54, 1.807) is 23.4 Å². The monoisotopic (exact) mass is 389 g/mol. The number of fused-ring (bicyclic) bond motifs is 1. The molecular weight excluding hydrogens is 373 g/mol. The topological polar surface area (TPSA) is 84.5 Å². The Labute approximate surface area is 161 Å². The molecule has 6 nitrogen and oxygen atoms in total. The van der Waals surface area contributed by atoms with E-state index in [9.17, 15) is 4.79 Å². The van der Waals surface area contributed by atoms with Crippen molar-refractivity contribution in [1.29, 1.82) is 0 Å². The van der Waals surface area contributed by atoms with Crippen LogP contribution in [0.25, 0.3) is 0 Å². The van der Waals surface area contributed by atoms with Gasteiger partial charge in [-0.2, -0.15) is 0 Å². The largest absolute Gasteiger partial charge is 0.403 e. The molecule has 2 N–H and O–H groups in total. The number of aryl methyl sites for hydroxylation is 1. The van der Waals surface area contributed by atoms with Gasteiger partial charge in [0.15, 0.2) is 5.82 Å². The first-order valence-corrected chi connectivity index (χ1v) is 8.70. The lowest BCUT2D eigenvalue weighted by Gasteiger charge is -2.24. The highest BCUT2D eigenvalue weighted by molar-refractivity contribution is 6.39. The number of carbonyl (C=O) groups excluding carboxylic acids is 1. The van der Waals surface area contributed by atoms with E-state index in [1.165, 1.54) is 12.4 Å². The van der Waals surface area contributed by atoms with Crippen molar-refractivity contribution in [3.05, 3.63) is 63.2 Å². The molecule has 0 saturated heterocycles. The molecule has 0 fully saturated rings. The molecule has 1 unspecified atom stereocenters. The number of nitrogens with two attached hydrogens (primary N) is 1. The molecule has 0 aromatic carbocycles. The average molecular weight is 390 g/mol. The van der Waals surface area contributed by atoms with E-state index >= 15 is 0 Å². The number of halogens is 2. The van der Waals surface area contributed by atoms with Crippen LogP contribution in [0, 0.1) is 6.92 Å². The van der Waals surface area contributed by atoms with Crippen LogP contribution in [0.4, 0.5) is 5.82 Å². The first kappa shape index (κ1) is 18.4. The Bertz CT molecular complexity index is 926. The molecule has 1 atom stereocenters. The zero-order chi connectivity index (χ0) is 18.8. The molecule has 1 aliphatic heterocycles. The van der Waals surface area contributed by atoms with Gasteiger partial charge in [-0.1, -0.05) is 23.2 Å². The molecule has 2 aromatic rings. The molecule has 0 bridgehead atoms. The molecule has 26 heavy (non-hydrogen) atoms. The Morgan fingerprint density at radius 1 is 1.46 bits per heavy atom. The van der Waals surface area contributed by atoms with Crippen LogP contribution in [0.2, 0.25) is 5.15 Å². The first-order valence-electron chi connectivity index (χ1n) is 7.94. The summed E-state index contributed by atoms with van der Waals surface area (Å²) in [5.41, 5.74) is 8.46. The van der Waals surface area contributed by atoms with Gasteiger partial charge in [0.05, 0.1) is 17.6 Å². The molecule has 1 aliphatic rings. The fraction of sp³-hybridized carbons (Fsp3) is 0.222. The number of hydrogen-bond donors (Lipinski definition) is 1. The summed E-state index contributed by atoms with van der Waals surface area (Å²) in [5.74, 6) is 0.487. The lowest BCUT2D eigenvalue weighted by atomic mass is 10.1. The molecule has 0 aliphatic carbocycles. The van der Waals surface area contributed by atoms with Gasteiger partial charge >= 0.3 is 0 Å². The molecule has 0 radical (unpaired) electrons. The number of aromatic nitrogens is 2. The van der Waals surface area contributed by atoms with Gasteiger partial charge in [0.25, 0.3) is 5.91 Å². The van der Waals surface area contributed by atoms with Gasteiger partial charge < -0.3 is 10.6 Å². The van der Waals surface area contributed by atoms with Crippen molar-refractivity contribution >= 4 is 41.1 Å². The van der Waals surface area contributed by atoms with Crippen LogP contribution in [0.3, 0.4) is 0 Å². The lowest BCUT2D eigenvalue weighted by Crippen LogP contribution is -2.27. The van der Waals surface area contributed by atoms with Gasteiger partial charge in [0.2, 0.25) is 0 Å². The second-order valence-corrected chi connectivity index (χ2v) is 6.75. The van der Waals surface area contributed by atoms with Crippen molar-refractivity contribution in [1.82, 2.24) is 14.9 Å². The normalized spacial score (nSPS) is 15.6. The fourth-order valence-corrected chi connectivity index (χ4v) is 3.09. The minimum absolute atomic E-state index is 0.0589. The summed E-state index contributed by atoms with van der Waals surface area (Å²) in [5, 5.41) is 0.698. The van der Waals surface area contributed by atoms with Crippen molar-refractivity contribution in [3.8, 4) is 0 Å². The predicted molar refractivity (Wildman–Crippen MR) is 103 cm³/mol. The van der Waals surface area contributed by atoms with Crippen molar-refractivity contribution in [2.75, 3.05) is 0 Å². The average Bonchev–Trinajstić information content (AvgIpc) is 2.98. The molecule has 0 saturated carbocycles. The summed E-state index contributed by atoms with van der Waals surface area (Å²) >= 11 is 11.9. The third kappa shape index (κ3) is 3.43. The van der Waals surface area contributed by atoms with Gasteiger partial charge in [0.1, 0.15) is 5.15 Å². The summed E-state index contributed by atoms with van der Waals surface area (Å²) in [6.07, 6.45) is 5.95. The summed E-state index contributed by atoms with van der Waals surface area (Å²) in [6.45, 7) is 4.29. The number of amides is 1. The Morgan fingerprint density at radius 2 is 2.23 bits per heavy atom. The van der Waals surface area contributed by atoms with E-state index in [4.69, 9.17) is 28.9 Å². The van der Waals surface area contributed by atoms with Crippen LogP contribution in [-0.4, -0.2) is 27.0 Å². The maximum atomic E-state index is 12.7. The van der Waals surface area contributed by atoms with E-state index in [0.29, 0.717) is 28.1 Å². The van der Waals surface area contributed by atoms with Crippen molar-refractivity contribution in [3.63, 3.8) is 0 Å². The van der Waals surface area contributed by atoms with Crippen molar-refractivity contribution in [2.45, 2.75) is 26.4 Å². The minimum Gasteiger partial charge on any atom is -0.403 e. The van der Waals surface area contributed by atoms with E-state index in [1.807, 2.05) is 19.9 Å². The number of nitrogens with zero attached hydrogens (tertiary/aromatic N) is 4. The first-order chi connectivity index (χ1) is 12.4. The maximum Gasteiger partial charge on any atom is 0.255 e. The van der Waals surface area contributed by atoms with Crippen LogP contribution in [0.5, 0.6) is 0 Å². The van der Waals surface area contributed by atoms with E-state index < -0.39 is 0 Å². The lowest BCUT2D eigenvalue weighted by molar-refractivity contribution is 0.0715. The summed E-state index contributed by atoms with van der Waals surface area (Å²) < 4.78 is 0. The Balaban J connectivity index is 1.84. The Kier molecular flexibility index (Phi) is 5.25. The van der Waals surface area contributed by atoms with E-state index in [-0.39, 0.29) is 11.9 Å². The van der Waals surface area contributed by atoms with Gasteiger partial charge in [0, 0.05) is 35.9 Å². The molecule has 8 heteroatoms. The highest BCUT2D eigenvalue weighted by Gasteiger charge is 2.33. The minimum atomic E-state index is -0.164. The number of pyridine rings is 2. The highest BCUT2D eigenvalue weighted by Crippen LogP contribution is 2.34. The van der Waals surface area contributed by atoms with E-state index in [2.05, 4.69) is 15.0 Å². The highest BCUT2D eigenvalue weighted by atomic mass is 35.5. The Hall–Kier alpha value is -2.44. The van der Waals surface area contributed by atoms with E-state index in [0.717, 1.165) is 16.7 Å². The Morgan fingerprint density at radius 3 is 2.88 bits per heavy atom. The number of carbonyl (C=O) groups is 1. The summed E-state index contributed by atoms with van der Waals surface area (Å²) in [4.78, 5) is 27.1. The second kappa shape index (κ2) is 7.43.